The summed E-state index contributed by atoms with van der Waals surface area (Å²) in [4.78, 5) is 14.2. The summed E-state index contributed by atoms with van der Waals surface area (Å²) in [5.41, 5.74) is 13.7. The van der Waals surface area contributed by atoms with Gasteiger partial charge in [0.15, 0.2) is 6.10 Å². The minimum atomic E-state index is -0.745. The Morgan fingerprint density at radius 3 is 2.68 bits per heavy atom. The summed E-state index contributed by atoms with van der Waals surface area (Å²) in [6.07, 6.45) is 1.23. The molecular weight excluding hydrogens is 546 g/mol. The van der Waals surface area contributed by atoms with Crippen molar-refractivity contribution < 1.29 is 23.4 Å². The topological polar surface area (TPSA) is 112 Å². The first-order valence-electron chi connectivity index (χ1n) is 11.8. The van der Waals surface area contributed by atoms with Gasteiger partial charge >= 0.3 is 0 Å². The number of ether oxygens (including phenoxy) is 3. The molecule has 0 bridgehead atoms. The first-order chi connectivity index (χ1) is 16.9. The van der Waals surface area contributed by atoms with Gasteiger partial charge in [0, 0.05) is 44.6 Å². The summed E-state index contributed by atoms with van der Waals surface area (Å²) >= 11 is 6.49. The molecule has 2 aliphatic rings. The maximum atomic E-state index is 13.0. The zero-order valence-electron chi connectivity index (χ0n) is 20.6. The van der Waals surface area contributed by atoms with Crippen molar-refractivity contribution in [3.8, 4) is 11.5 Å². The summed E-state index contributed by atoms with van der Waals surface area (Å²) in [6.45, 7) is 3.46. The number of piperidine rings is 1. The van der Waals surface area contributed by atoms with Crippen LogP contribution >= 0.6 is 36.4 Å². The van der Waals surface area contributed by atoms with E-state index >= 15 is 0 Å². The lowest BCUT2D eigenvalue weighted by Gasteiger charge is -2.39. The molecule has 2 aromatic rings. The number of benzene rings is 2. The quantitative estimate of drug-likeness (QED) is 0.317. The Morgan fingerprint density at radius 1 is 1.27 bits per heavy atom. The molecule has 0 aliphatic carbocycles. The highest BCUT2D eigenvalue weighted by molar-refractivity contribution is 6.34. The van der Waals surface area contributed by atoms with Gasteiger partial charge in [-0.2, -0.15) is 0 Å². The smallest absolute Gasteiger partial charge is 0.258 e. The Morgan fingerprint density at radius 2 is 2.00 bits per heavy atom. The van der Waals surface area contributed by atoms with E-state index in [0.717, 1.165) is 38.0 Å². The van der Waals surface area contributed by atoms with Crippen LogP contribution in [0, 0.1) is 5.82 Å². The number of nitrogens with zero attached hydrogens (tertiary/aromatic N) is 1. The zero-order chi connectivity index (χ0) is 24.9. The molecule has 206 valence electrons. The number of amides is 1. The number of hydrogen-bond acceptors (Lipinski definition) is 7. The molecule has 4 rings (SSSR count). The van der Waals surface area contributed by atoms with E-state index in [1.165, 1.54) is 12.1 Å². The van der Waals surface area contributed by atoms with Gasteiger partial charge in [0.2, 0.25) is 0 Å². The van der Waals surface area contributed by atoms with Crippen molar-refractivity contribution in [2.24, 2.45) is 5.73 Å². The third kappa shape index (κ3) is 7.45. The van der Waals surface area contributed by atoms with Gasteiger partial charge in [0.05, 0.1) is 23.4 Å². The SMILES string of the molecule is COC1CN(CCCOc2ccc(F)cc2)CCC1c1cc(Cl)c(N)c2c1OC(C(N)=O)CCN2.Cl.Cl. The van der Waals surface area contributed by atoms with E-state index in [0.29, 0.717) is 47.5 Å². The standard InChI is InChI=1S/C25H32ClFN4O4.2ClH/c1-33-21-14-31(10-2-12-34-16-5-3-15(27)4-6-16)11-8-17(21)18-13-19(26)22(28)23-24(18)35-20(25(29)32)7-9-30-23;;/h3-6,13,17,20-21,30H,2,7-12,14,28H2,1H3,(H2,29,32);2*1H. The number of carbonyl (C=O) groups is 1. The molecule has 0 spiro atoms. The predicted octanol–water partition coefficient (Wildman–Crippen LogP) is 4.23. The number of hydrogen-bond donors (Lipinski definition) is 3. The number of likely N-dealkylation sites (tertiary alicyclic amines) is 1. The molecule has 12 heteroatoms. The highest BCUT2D eigenvalue weighted by atomic mass is 35.5. The molecule has 37 heavy (non-hydrogen) atoms. The summed E-state index contributed by atoms with van der Waals surface area (Å²) in [5, 5.41) is 3.70. The number of nitrogens with one attached hydrogen (secondary N) is 1. The molecule has 0 saturated carbocycles. The number of nitrogens with two attached hydrogens (primary N) is 2. The average molecular weight is 580 g/mol. The fourth-order valence-corrected chi connectivity index (χ4v) is 4.97. The van der Waals surface area contributed by atoms with Crippen molar-refractivity contribution >= 4 is 53.7 Å². The molecule has 3 atom stereocenters. The molecule has 2 aromatic carbocycles. The van der Waals surface area contributed by atoms with Crippen molar-refractivity contribution in [2.75, 3.05) is 50.9 Å². The maximum Gasteiger partial charge on any atom is 0.258 e. The largest absolute Gasteiger partial charge is 0.494 e. The number of rotatable bonds is 8. The highest BCUT2D eigenvalue weighted by Gasteiger charge is 2.36. The Bertz CT molecular complexity index is 1050. The minimum Gasteiger partial charge on any atom is -0.494 e. The van der Waals surface area contributed by atoms with Crippen LogP contribution in [0.2, 0.25) is 5.02 Å². The lowest BCUT2D eigenvalue weighted by atomic mass is 9.85. The molecule has 1 saturated heterocycles. The normalized spacial score (nSPS) is 21.2. The Balaban J connectivity index is 0.00000241. The lowest BCUT2D eigenvalue weighted by Crippen LogP contribution is -2.44. The van der Waals surface area contributed by atoms with Gasteiger partial charge in [-0.25, -0.2) is 4.39 Å². The predicted molar refractivity (Wildman–Crippen MR) is 148 cm³/mol. The van der Waals surface area contributed by atoms with Crippen LogP contribution in [0.15, 0.2) is 30.3 Å². The van der Waals surface area contributed by atoms with E-state index in [1.807, 2.05) is 6.07 Å². The fraction of sp³-hybridized carbons (Fsp3) is 0.480. The first kappa shape index (κ1) is 31.1. The van der Waals surface area contributed by atoms with Gasteiger partial charge in [-0.1, -0.05) is 11.6 Å². The van der Waals surface area contributed by atoms with Crippen molar-refractivity contribution in [1.82, 2.24) is 4.90 Å². The second-order valence-electron chi connectivity index (χ2n) is 8.92. The molecule has 3 unspecified atom stereocenters. The molecule has 1 amide bonds. The number of anilines is 2. The molecule has 8 nitrogen and oxygen atoms in total. The van der Waals surface area contributed by atoms with Gasteiger partial charge in [0.25, 0.3) is 5.91 Å². The van der Waals surface area contributed by atoms with E-state index in [1.54, 1.807) is 19.2 Å². The Kier molecular flexibility index (Phi) is 11.8. The Labute approximate surface area is 233 Å². The molecule has 2 heterocycles. The molecular formula is C25H34Cl3FN4O4. The average Bonchev–Trinajstić information content (AvgIpc) is 3.09. The van der Waals surface area contributed by atoms with Gasteiger partial charge in [-0.15, -0.1) is 24.8 Å². The molecule has 2 aliphatic heterocycles. The van der Waals surface area contributed by atoms with Gasteiger partial charge < -0.3 is 35.9 Å². The molecule has 0 aromatic heterocycles. The number of primary amides is 1. The summed E-state index contributed by atoms with van der Waals surface area (Å²) < 4.78 is 30.7. The van der Waals surface area contributed by atoms with Crippen LogP contribution in [0.25, 0.3) is 0 Å². The van der Waals surface area contributed by atoms with E-state index in [9.17, 15) is 9.18 Å². The fourth-order valence-electron chi connectivity index (χ4n) is 4.76. The van der Waals surface area contributed by atoms with Gasteiger partial charge in [-0.05, 0) is 49.7 Å². The van der Waals surface area contributed by atoms with E-state index in [-0.39, 0.29) is 42.7 Å². The van der Waals surface area contributed by atoms with Crippen molar-refractivity contribution in [3.63, 3.8) is 0 Å². The third-order valence-corrected chi connectivity index (χ3v) is 6.94. The zero-order valence-corrected chi connectivity index (χ0v) is 23.0. The van der Waals surface area contributed by atoms with E-state index in [4.69, 9.17) is 37.3 Å². The highest BCUT2D eigenvalue weighted by Crippen LogP contribution is 2.47. The molecule has 0 radical (unpaired) electrons. The lowest BCUT2D eigenvalue weighted by molar-refractivity contribution is -0.124. The molecule has 1 fully saturated rings. The number of fused-ring (bicyclic) bond motifs is 1. The van der Waals surface area contributed by atoms with Crippen LogP contribution in [-0.2, 0) is 9.53 Å². The van der Waals surface area contributed by atoms with Crippen molar-refractivity contribution in [1.29, 1.82) is 0 Å². The number of halogens is 4. The van der Waals surface area contributed by atoms with Crippen molar-refractivity contribution in [2.45, 2.75) is 37.4 Å². The van der Waals surface area contributed by atoms with Crippen LogP contribution in [-0.4, -0.2) is 62.9 Å². The maximum absolute atomic E-state index is 13.0. The number of nitrogen functional groups attached to an aromatic ring is 1. The van der Waals surface area contributed by atoms with Gasteiger partial charge in [0.1, 0.15) is 23.0 Å². The summed E-state index contributed by atoms with van der Waals surface area (Å²) in [6, 6.07) is 7.85. The second kappa shape index (κ2) is 14.1. The van der Waals surface area contributed by atoms with Crippen LogP contribution in [0.5, 0.6) is 11.5 Å². The van der Waals surface area contributed by atoms with E-state index in [2.05, 4.69) is 10.2 Å². The number of carbonyl (C=O) groups excluding carboxylic acids is 1. The van der Waals surface area contributed by atoms with E-state index < -0.39 is 12.0 Å². The van der Waals surface area contributed by atoms with Gasteiger partial charge in [-0.3, -0.25) is 4.79 Å². The summed E-state index contributed by atoms with van der Waals surface area (Å²) in [5.74, 6) is 0.397. The van der Waals surface area contributed by atoms with Crippen LogP contribution in [0.3, 0.4) is 0 Å². The molecule has 5 N–H and O–H groups in total. The van der Waals surface area contributed by atoms with Crippen LogP contribution < -0.4 is 26.3 Å². The first-order valence-corrected chi connectivity index (χ1v) is 12.2. The van der Waals surface area contributed by atoms with Crippen LogP contribution in [0.4, 0.5) is 15.8 Å². The van der Waals surface area contributed by atoms with Crippen LogP contribution in [0.1, 0.15) is 30.7 Å². The summed E-state index contributed by atoms with van der Waals surface area (Å²) in [7, 11) is 1.70. The second-order valence-corrected chi connectivity index (χ2v) is 9.32. The van der Waals surface area contributed by atoms with Crippen molar-refractivity contribution in [3.05, 3.63) is 46.7 Å². The Hall–Kier alpha value is -2.17. The number of methoxy groups -OCH3 is 1. The minimum absolute atomic E-state index is 0. The monoisotopic (exact) mass is 578 g/mol. The third-order valence-electron chi connectivity index (χ3n) is 6.63.